The number of hydrogen-bond donors (Lipinski definition) is 2. The Balaban J connectivity index is 1.94. The van der Waals surface area contributed by atoms with Crippen molar-refractivity contribution >= 4 is 22.6 Å². The van der Waals surface area contributed by atoms with Crippen molar-refractivity contribution in [3.63, 3.8) is 0 Å². The number of carboxylic acids is 1. The molecule has 2 N–H and O–H groups in total. The molecule has 110 valence electrons. The smallest absolute Gasteiger partial charge is 0.354 e. The van der Waals surface area contributed by atoms with Crippen molar-refractivity contribution in [1.82, 2.24) is 4.98 Å². The van der Waals surface area contributed by atoms with Crippen LogP contribution in [0.15, 0.2) is 30.3 Å². The first-order chi connectivity index (χ1) is 10.1. The highest BCUT2D eigenvalue weighted by atomic mass is 16.5. The molecule has 21 heavy (non-hydrogen) atoms. The van der Waals surface area contributed by atoms with Gasteiger partial charge in [0.25, 0.3) is 0 Å². The predicted molar refractivity (Wildman–Crippen MR) is 80.8 cm³/mol. The van der Waals surface area contributed by atoms with Crippen LogP contribution in [0.4, 0.5) is 5.82 Å². The first kappa shape index (κ1) is 13.8. The lowest BCUT2D eigenvalue weighted by Crippen LogP contribution is -2.45. The second-order valence-corrected chi connectivity index (χ2v) is 5.48. The minimum absolute atomic E-state index is 0.0521. The molecule has 1 aromatic heterocycles. The molecule has 0 amide bonds. The summed E-state index contributed by atoms with van der Waals surface area (Å²) in [5.74, 6) is -0.414. The summed E-state index contributed by atoms with van der Waals surface area (Å²) in [6, 6.07) is 9.24. The molecule has 0 bridgehead atoms. The van der Waals surface area contributed by atoms with Crippen LogP contribution in [0.2, 0.25) is 0 Å². The summed E-state index contributed by atoms with van der Waals surface area (Å²) in [5.41, 5.74) is -0.0848. The Morgan fingerprint density at radius 2 is 2.19 bits per heavy atom. The minimum Gasteiger partial charge on any atom is -0.477 e. The highest BCUT2D eigenvalue weighted by Gasteiger charge is 2.36. The Labute approximate surface area is 123 Å². The summed E-state index contributed by atoms with van der Waals surface area (Å²) in [4.78, 5) is 15.4. The van der Waals surface area contributed by atoms with E-state index in [1.54, 1.807) is 13.2 Å². The molecule has 5 heteroatoms. The van der Waals surface area contributed by atoms with Gasteiger partial charge in [-0.25, -0.2) is 9.78 Å². The first-order valence-electron chi connectivity index (χ1n) is 7.06. The maximum atomic E-state index is 11.2. The molecule has 1 saturated carbocycles. The monoisotopic (exact) mass is 286 g/mol. The Morgan fingerprint density at radius 3 is 2.81 bits per heavy atom. The van der Waals surface area contributed by atoms with E-state index in [0.29, 0.717) is 12.4 Å². The number of carbonyl (C=O) groups is 1. The number of aromatic nitrogens is 1. The molecule has 1 heterocycles. The second-order valence-electron chi connectivity index (χ2n) is 5.48. The molecule has 3 rings (SSSR count). The summed E-state index contributed by atoms with van der Waals surface area (Å²) in [6.07, 6.45) is 3.21. The van der Waals surface area contributed by atoms with Crippen LogP contribution in [0.1, 0.15) is 29.8 Å². The summed E-state index contributed by atoms with van der Waals surface area (Å²) in [6.45, 7) is 0.642. The van der Waals surface area contributed by atoms with Crippen molar-refractivity contribution in [3.8, 4) is 0 Å². The zero-order chi connectivity index (χ0) is 14.9. The highest BCUT2D eigenvalue weighted by molar-refractivity contribution is 5.97. The number of hydrogen-bond acceptors (Lipinski definition) is 4. The second kappa shape index (κ2) is 5.33. The third-order valence-corrected chi connectivity index (χ3v) is 4.24. The molecule has 0 spiro atoms. The number of nitrogens with zero attached hydrogens (tertiary/aromatic N) is 1. The predicted octanol–water partition coefficient (Wildman–Crippen LogP) is 2.91. The number of fused-ring (bicyclic) bond motifs is 1. The molecule has 0 unspecified atom stereocenters. The largest absolute Gasteiger partial charge is 0.477 e. The number of benzene rings is 1. The van der Waals surface area contributed by atoms with Gasteiger partial charge in [-0.2, -0.15) is 0 Å². The zero-order valence-electron chi connectivity index (χ0n) is 11.9. The Bertz CT molecular complexity index is 675. The summed E-state index contributed by atoms with van der Waals surface area (Å²) >= 11 is 0. The fraction of sp³-hybridized carbons (Fsp3) is 0.375. The van der Waals surface area contributed by atoms with Gasteiger partial charge >= 0.3 is 5.97 Å². The molecule has 1 fully saturated rings. The first-order valence-corrected chi connectivity index (χ1v) is 7.06. The molecular formula is C16H18N2O3. The number of carboxylic acid groups (broad SMARTS) is 1. The number of nitrogens with one attached hydrogen (secondary N) is 1. The SMILES string of the molecule is COC1(CNc2nc(C(=O)O)cc3ccccc23)CCC1. The normalized spacial score (nSPS) is 16.4. The molecule has 2 aromatic rings. The third-order valence-electron chi connectivity index (χ3n) is 4.24. The quantitative estimate of drug-likeness (QED) is 0.884. The fourth-order valence-corrected chi connectivity index (χ4v) is 2.71. The topological polar surface area (TPSA) is 71.5 Å². The zero-order valence-corrected chi connectivity index (χ0v) is 11.9. The average molecular weight is 286 g/mol. The van der Waals surface area contributed by atoms with Gasteiger partial charge in [-0.1, -0.05) is 24.3 Å². The van der Waals surface area contributed by atoms with E-state index in [9.17, 15) is 9.90 Å². The molecule has 0 radical (unpaired) electrons. The van der Waals surface area contributed by atoms with Crippen LogP contribution in [-0.4, -0.2) is 35.3 Å². The van der Waals surface area contributed by atoms with Gasteiger partial charge in [0, 0.05) is 19.0 Å². The third kappa shape index (κ3) is 2.56. The van der Waals surface area contributed by atoms with E-state index in [1.165, 1.54) is 6.42 Å². The van der Waals surface area contributed by atoms with E-state index in [-0.39, 0.29) is 11.3 Å². The summed E-state index contributed by atoms with van der Waals surface area (Å²) < 4.78 is 5.58. The molecular weight excluding hydrogens is 268 g/mol. The van der Waals surface area contributed by atoms with Crippen LogP contribution >= 0.6 is 0 Å². The molecule has 0 atom stereocenters. The molecule has 0 aliphatic heterocycles. The van der Waals surface area contributed by atoms with E-state index >= 15 is 0 Å². The lowest BCUT2D eigenvalue weighted by Gasteiger charge is -2.40. The van der Waals surface area contributed by atoms with Gasteiger partial charge in [-0.3, -0.25) is 0 Å². The van der Waals surface area contributed by atoms with Crippen LogP contribution in [0.5, 0.6) is 0 Å². The van der Waals surface area contributed by atoms with Crippen molar-refractivity contribution in [1.29, 1.82) is 0 Å². The summed E-state index contributed by atoms with van der Waals surface area (Å²) in [5, 5.41) is 14.3. The van der Waals surface area contributed by atoms with Gasteiger partial charge in [0.15, 0.2) is 5.69 Å². The number of ether oxygens (including phenoxy) is 1. The van der Waals surface area contributed by atoms with Crippen LogP contribution in [0.25, 0.3) is 10.8 Å². The maximum absolute atomic E-state index is 11.2. The Kier molecular flexibility index (Phi) is 3.51. The molecule has 1 aliphatic rings. The number of methoxy groups -OCH3 is 1. The van der Waals surface area contributed by atoms with Gasteiger partial charge in [-0.05, 0) is 30.7 Å². The maximum Gasteiger partial charge on any atom is 0.354 e. The van der Waals surface area contributed by atoms with Crippen molar-refractivity contribution < 1.29 is 14.6 Å². The van der Waals surface area contributed by atoms with Gasteiger partial charge < -0.3 is 15.2 Å². The Hall–Kier alpha value is -2.14. The Morgan fingerprint density at radius 1 is 1.43 bits per heavy atom. The highest BCUT2D eigenvalue weighted by Crippen LogP contribution is 2.35. The van der Waals surface area contributed by atoms with Crippen LogP contribution in [0, 0.1) is 0 Å². The summed E-state index contributed by atoms with van der Waals surface area (Å²) in [7, 11) is 1.72. The standard InChI is InChI=1S/C16H18N2O3/c1-21-16(7-4-8-16)10-17-14-12-6-3-2-5-11(12)9-13(18-14)15(19)20/h2-3,5-6,9H,4,7-8,10H2,1H3,(H,17,18)(H,19,20). The molecule has 1 aromatic carbocycles. The van der Waals surface area contributed by atoms with Crippen LogP contribution in [0.3, 0.4) is 0 Å². The van der Waals surface area contributed by atoms with Crippen molar-refractivity contribution in [3.05, 3.63) is 36.0 Å². The van der Waals surface area contributed by atoms with Gasteiger partial charge in [0.05, 0.1) is 5.60 Å². The van der Waals surface area contributed by atoms with E-state index in [0.717, 1.165) is 23.6 Å². The molecule has 1 aliphatic carbocycles. The fourth-order valence-electron chi connectivity index (χ4n) is 2.71. The number of rotatable bonds is 5. The minimum atomic E-state index is -1.02. The van der Waals surface area contributed by atoms with E-state index < -0.39 is 5.97 Å². The number of aromatic carboxylic acids is 1. The van der Waals surface area contributed by atoms with Gasteiger partial charge in [0.1, 0.15) is 5.82 Å². The lowest BCUT2D eigenvalue weighted by molar-refractivity contribution is -0.0601. The van der Waals surface area contributed by atoms with Crippen molar-refractivity contribution in [2.75, 3.05) is 19.0 Å². The van der Waals surface area contributed by atoms with Crippen LogP contribution in [-0.2, 0) is 4.74 Å². The number of anilines is 1. The average Bonchev–Trinajstić information content (AvgIpc) is 2.46. The van der Waals surface area contributed by atoms with Crippen molar-refractivity contribution in [2.45, 2.75) is 24.9 Å². The van der Waals surface area contributed by atoms with Crippen molar-refractivity contribution in [2.24, 2.45) is 0 Å². The molecule has 0 saturated heterocycles. The lowest BCUT2D eigenvalue weighted by atomic mass is 9.80. The number of pyridine rings is 1. The van der Waals surface area contributed by atoms with E-state index in [1.807, 2.05) is 24.3 Å². The van der Waals surface area contributed by atoms with Crippen LogP contribution < -0.4 is 5.32 Å². The van der Waals surface area contributed by atoms with Gasteiger partial charge in [-0.15, -0.1) is 0 Å². The molecule has 5 nitrogen and oxygen atoms in total. The van der Waals surface area contributed by atoms with E-state index in [2.05, 4.69) is 10.3 Å². The van der Waals surface area contributed by atoms with Gasteiger partial charge in [0.2, 0.25) is 0 Å². The van der Waals surface area contributed by atoms with E-state index in [4.69, 9.17) is 4.74 Å².